The molecule has 128 valence electrons. The van der Waals surface area contributed by atoms with Gasteiger partial charge in [-0.15, -0.1) is 0 Å². The molecule has 1 amide bonds. The van der Waals surface area contributed by atoms with E-state index in [1.165, 1.54) is 5.56 Å². The van der Waals surface area contributed by atoms with Gasteiger partial charge >= 0.3 is 0 Å². The number of benzene rings is 1. The van der Waals surface area contributed by atoms with Crippen LogP contribution < -0.4 is 5.32 Å². The van der Waals surface area contributed by atoms with E-state index in [0.29, 0.717) is 13.2 Å². The fourth-order valence-corrected chi connectivity index (χ4v) is 2.87. The number of hydrogen-bond donors (Lipinski definition) is 1. The van der Waals surface area contributed by atoms with Crippen molar-refractivity contribution < 1.29 is 9.53 Å². The van der Waals surface area contributed by atoms with Crippen LogP contribution in [0.25, 0.3) is 0 Å². The molecule has 0 bridgehead atoms. The molecule has 1 N–H and O–H groups in total. The number of rotatable bonds is 8. The zero-order valence-corrected chi connectivity index (χ0v) is 14.3. The molecule has 1 atom stereocenters. The lowest BCUT2D eigenvalue weighted by atomic mass is 10.1. The van der Waals surface area contributed by atoms with Crippen molar-refractivity contribution >= 4 is 5.91 Å². The topological polar surface area (TPSA) is 44.8 Å². The van der Waals surface area contributed by atoms with E-state index >= 15 is 0 Å². The van der Waals surface area contributed by atoms with Crippen LogP contribution in [0.3, 0.4) is 0 Å². The molecule has 0 saturated carbocycles. The van der Waals surface area contributed by atoms with Gasteiger partial charge in [-0.25, -0.2) is 0 Å². The molecule has 2 rings (SSSR count). The lowest BCUT2D eigenvalue weighted by Gasteiger charge is -2.33. The number of carbonyl (C=O) groups excluding carboxylic acids is 1. The Hall–Kier alpha value is -1.43. The number of ether oxygens (including phenoxy) is 1. The van der Waals surface area contributed by atoms with Crippen molar-refractivity contribution in [3.63, 3.8) is 0 Å². The first kappa shape index (κ1) is 17.9. The smallest absolute Gasteiger partial charge is 0.234 e. The third kappa shape index (κ3) is 7.12. The predicted octanol–water partition coefficient (Wildman–Crippen LogP) is 0.998. The summed E-state index contributed by atoms with van der Waals surface area (Å²) in [6.45, 7) is 4.48. The molecule has 0 radical (unpaired) electrons. The van der Waals surface area contributed by atoms with Gasteiger partial charge in [0.25, 0.3) is 0 Å². The molecular formula is C18H29N3O2. The van der Waals surface area contributed by atoms with E-state index in [9.17, 15) is 4.79 Å². The van der Waals surface area contributed by atoms with Gasteiger partial charge in [0, 0.05) is 26.2 Å². The van der Waals surface area contributed by atoms with Gasteiger partial charge in [-0.3, -0.25) is 9.69 Å². The molecule has 1 aliphatic rings. The third-order valence-electron chi connectivity index (χ3n) is 3.97. The maximum absolute atomic E-state index is 12.0. The number of carbonyl (C=O) groups is 1. The largest absolute Gasteiger partial charge is 0.374 e. The summed E-state index contributed by atoms with van der Waals surface area (Å²) in [6.07, 6.45) is 2.18. The van der Waals surface area contributed by atoms with Crippen molar-refractivity contribution in [2.45, 2.75) is 18.9 Å². The van der Waals surface area contributed by atoms with E-state index in [1.807, 2.05) is 20.2 Å². The van der Waals surface area contributed by atoms with Crippen LogP contribution in [0.15, 0.2) is 30.3 Å². The summed E-state index contributed by atoms with van der Waals surface area (Å²) in [7, 11) is 4.09. The van der Waals surface area contributed by atoms with Crippen molar-refractivity contribution in [1.29, 1.82) is 0 Å². The van der Waals surface area contributed by atoms with Crippen LogP contribution in [0.5, 0.6) is 0 Å². The average molecular weight is 319 g/mol. The van der Waals surface area contributed by atoms with Crippen LogP contribution in [0, 0.1) is 0 Å². The molecule has 5 nitrogen and oxygen atoms in total. The van der Waals surface area contributed by atoms with Gasteiger partial charge in [-0.1, -0.05) is 30.3 Å². The Labute approximate surface area is 139 Å². The van der Waals surface area contributed by atoms with Crippen LogP contribution >= 0.6 is 0 Å². The number of amides is 1. The quantitative estimate of drug-likeness (QED) is 0.726. The Kier molecular flexibility index (Phi) is 7.52. The summed E-state index contributed by atoms with van der Waals surface area (Å²) in [5, 5.41) is 3.02. The lowest BCUT2D eigenvalue weighted by molar-refractivity contribution is -0.124. The number of nitrogens with one attached hydrogen (secondary N) is 1. The van der Waals surface area contributed by atoms with E-state index in [2.05, 4.69) is 39.4 Å². The molecule has 1 heterocycles. The second kappa shape index (κ2) is 9.65. The van der Waals surface area contributed by atoms with Gasteiger partial charge in [-0.05, 0) is 32.5 Å². The Balaban J connectivity index is 1.60. The Morgan fingerprint density at radius 1 is 1.35 bits per heavy atom. The standard InChI is InChI=1S/C18H29N3O2/c1-20(2)13-17-14-21(11-12-23-17)15-18(22)19-10-6-9-16-7-4-3-5-8-16/h3-5,7-8,17H,6,9-15H2,1-2H3,(H,19,22). The minimum absolute atomic E-state index is 0.114. The number of hydrogen-bond acceptors (Lipinski definition) is 4. The van der Waals surface area contributed by atoms with Crippen molar-refractivity contribution in [2.24, 2.45) is 0 Å². The van der Waals surface area contributed by atoms with Gasteiger partial charge in [0.05, 0.1) is 19.3 Å². The maximum Gasteiger partial charge on any atom is 0.234 e. The first-order valence-electron chi connectivity index (χ1n) is 8.43. The number of nitrogens with zero attached hydrogens (tertiary/aromatic N) is 2. The van der Waals surface area contributed by atoms with E-state index < -0.39 is 0 Å². The third-order valence-corrected chi connectivity index (χ3v) is 3.97. The highest BCUT2D eigenvalue weighted by atomic mass is 16.5. The zero-order chi connectivity index (χ0) is 16.5. The summed E-state index contributed by atoms with van der Waals surface area (Å²) in [4.78, 5) is 16.4. The molecule has 5 heteroatoms. The van der Waals surface area contributed by atoms with E-state index in [0.717, 1.165) is 39.0 Å². The first-order valence-corrected chi connectivity index (χ1v) is 8.43. The minimum atomic E-state index is 0.114. The van der Waals surface area contributed by atoms with Crippen LogP contribution in [0.4, 0.5) is 0 Å². The fourth-order valence-electron chi connectivity index (χ4n) is 2.87. The van der Waals surface area contributed by atoms with Crippen molar-refractivity contribution in [3.8, 4) is 0 Å². The number of likely N-dealkylation sites (N-methyl/N-ethyl adjacent to an activating group) is 1. The van der Waals surface area contributed by atoms with Crippen molar-refractivity contribution in [3.05, 3.63) is 35.9 Å². The number of morpholine rings is 1. The molecule has 1 unspecified atom stereocenters. The molecule has 1 saturated heterocycles. The Morgan fingerprint density at radius 2 is 2.13 bits per heavy atom. The van der Waals surface area contributed by atoms with E-state index in [4.69, 9.17) is 4.74 Å². The van der Waals surface area contributed by atoms with Gasteiger partial charge in [0.2, 0.25) is 5.91 Å². The van der Waals surface area contributed by atoms with Crippen LogP contribution in [-0.2, 0) is 16.0 Å². The van der Waals surface area contributed by atoms with E-state index in [1.54, 1.807) is 0 Å². The molecule has 0 aliphatic carbocycles. The van der Waals surface area contributed by atoms with Crippen LogP contribution in [0.2, 0.25) is 0 Å². The maximum atomic E-state index is 12.0. The Bertz CT molecular complexity index is 465. The SMILES string of the molecule is CN(C)CC1CN(CC(=O)NCCCc2ccccc2)CCO1. The molecule has 0 spiro atoms. The monoisotopic (exact) mass is 319 g/mol. The van der Waals surface area contributed by atoms with Gasteiger partial charge in [0.1, 0.15) is 0 Å². The summed E-state index contributed by atoms with van der Waals surface area (Å²) < 4.78 is 5.73. The number of aryl methyl sites for hydroxylation is 1. The zero-order valence-electron chi connectivity index (χ0n) is 14.3. The van der Waals surface area contributed by atoms with Crippen LogP contribution in [-0.4, -0.2) is 75.2 Å². The van der Waals surface area contributed by atoms with Gasteiger partial charge in [-0.2, -0.15) is 0 Å². The summed E-state index contributed by atoms with van der Waals surface area (Å²) in [5.74, 6) is 0.114. The average Bonchev–Trinajstić information content (AvgIpc) is 2.52. The lowest BCUT2D eigenvalue weighted by Crippen LogP contribution is -2.49. The summed E-state index contributed by atoms with van der Waals surface area (Å²) in [5.41, 5.74) is 1.32. The normalized spacial score (nSPS) is 19.0. The van der Waals surface area contributed by atoms with Crippen LogP contribution in [0.1, 0.15) is 12.0 Å². The van der Waals surface area contributed by atoms with Crippen molar-refractivity contribution in [2.75, 3.05) is 53.4 Å². The minimum Gasteiger partial charge on any atom is -0.374 e. The molecule has 0 aromatic heterocycles. The second-order valence-corrected chi connectivity index (χ2v) is 6.43. The predicted molar refractivity (Wildman–Crippen MR) is 92.5 cm³/mol. The molecule has 1 aromatic carbocycles. The Morgan fingerprint density at radius 3 is 2.87 bits per heavy atom. The molecule has 1 aliphatic heterocycles. The highest BCUT2D eigenvalue weighted by Gasteiger charge is 2.22. The molecule has 1 aromatic rings. The van der Waals surface area contributed by atoms with Gasteiger partial charge in [0.15, 0.2) is 0 Å². The summed E-state index contributed by atoms with van der Waals surface area (Å²) >= 11 is 0. The first-order chi connectivity index (χ1) is 11.1. The summed E-state index contributed by atoms with van der Waals surface area (Å²) in [6, 6.07) is 10.4. The molecule has 23 heavy (non-hydrogen) atoms. The second-order valence-electron chi connectivity index (χ2n) is 6.43. The van der Waals surface area contributed by atoms with Gasteiger partial charge < -0.3 is 15.0 Å². The molecular weight excluding hydrogens is 290 g/mol. The fraction of sp³-hybridized carbons (Fsp3) is 0.611. The highest BCUT2D eigenvalue weighted by molar-refractivity contribution is 5.77. The van der Waals surface area contributed by atoms with E-state index in [-0.39, 0.29) is 12.0 Å². The highest BCUT2D eigenvalue weighted by Crippen LogP contribution is 2.06. The molecule has 1 fully saturated rings. The van der Waals surface area contributed by atoms with Crippen molar-refractivity contribution in [1.82, 2.24) is 15.1 Å².